The third-order valence-corrected chi connectivity index (χ3v) is 3.64. The summed E-state index contributed by atoms with van der Waals surface area (Å²) in [7, 11) is 6.06. The van der Waals surface area contributed by atoms with Gasteiger partial charge in [0.05, 0.1) is 12.2 Å². The fraction of sp³-hybridized carbons (Fsp3) is 0.750. The molecule has 5 nitrogen and oxygen atoms in total. The Balaban J connectivity index is 2.48. The van der Waals surface area contributed by atoms with Crippen molar-refractivity contribution in [2.45, 2.75) is 32.0 Å². The fourth-order valence-electron chi connectivity index (χ4n) is 2.34. The molecular weight excluding hydrogens is 266 g/mol. The zero-order chi connectivity index (χ0) is 15.8. The summed E-state index contributed by atoms with van der Waals surface area (Å²) < 4.78 is 1.99. The molecule has 1 heterocycles. The maximum absolute atomic E-state index is 10.3. The van der Waals surface area contributed by atoms with Crippen molar-refractivity contribution in [3.05, 3.63) is 24.0 Å². The maximum atomic E-state index is 10.3. The first kappa shape index (κ1) is 18.2. The van der Waals surface area contributed by atoms with Gasteiger partial charge in [0, 0.05) is 52.0 Å². The van der Waals surface area contributed by atoms with Crippen molar-refractivity contribution >= 4 is 0 Å². The van der Waals surface area contributed by atoms with Crippen LogP contribution in [0.5, 0.6) is 0 Å². The molecule has 0 bridgehead atoms. The zero-order valence-corrected chi connectivity index (χ0v) is 13.9. The Morgan fingerprint density at radius 1 is 1.14 bits per heavy atom. The molecule has 1 rings (SSSR count). The SMILES string of the molecule is CCC(O)CN(CCN(C)C)CC(O)Cc1ccn(C)c1. The van der Waals surface area contributed by atoms with E-state index in [2.05, 4.69) is 9.80 Å². The Morgan fingerprint density at radius 3 is 2.33 bits per heavy atom. The molecule has 0 aliphatic carbocycles. The molecule has 2 N–H and O–H groups in total. The topological polar surface area (TPSA) is 51.9 Å². The van der Waals surface area contributed by atoms with Crippen molar-refractivity contribution in [3.8, 4) is 0 Å². The van der Waals surface area contributed by atoms with E-state index in [0.29, 0.717) is 19.5 Å². The number of aryl methyl sites for hydroxylation is 1. The number of likely N-dealkylation sites (N-methyl/N-ethyl adjacent to an activating group) is 1. The molecule has 2 unspecified atom stereocenters. The first-order chi connectivity index (χ1) is 9.90. The second-order valence-electron chi connectivity index (χ2n) is 6.17. The van der Waals surface area contributed by atoms with E-state index < -0.39 is 6.10 Å². The Hall–Kier alpha value is -0.880. The minimum absolute atomic E-state index is 0.323. The summed E-state index contributed by atoms with van der Waals surface area (Å²) in [5.41, 5.74) is 1.15. The highest BCUT2D eigenvalue weighted by Gasteiger charge is 2.15. The van der Waals surface area contributed by atoms with Gasteiger partial charge in [-0.15, -0.1) is 0 Å². The molecule has 0 radical (unpaired) electrons. The van der Waals surface area contributed by atoms with Gasteiger partial charge < -0.3 is 19.7 Å². The number of aliphatic hydroxyl groups excluding tert-OH is 2. The van der Waals surface area contributed by atoms with E-state index in [0.717, 1.165) is 25.1 Å². The molecule has 0 saturated heterocycles. The van der Waals surface area contributed by atoms with Gasteiger partial charge in [0.25, 0.3) is 0 Å². The summed E-state index contributed by atoms with van der Waals surface area (Å²) in [5, 5.41) is 20.1. The lowest BCUT2D eigenvalue weighted by Gasteiger charge is -2.28. The normalized spacial score (nSPS) is 14.9. The largest absolute Gasteiger partial charge is 0.392 e. The smallest absolute Gasteiger partial charge is 0.0707 e. The van der Waals surface area contributed by atoms with Crippen LogP contribution in [0.1, 0.15) is 18.9 Å². The van der Waals surface area contributed by atoms with Gasteiger partial charge in [-0.05, 0) is 32.1 Å². The molecule has 5 heteroatoms. The molecule has 0 saturated carbocycles. The highest BCUT2D eigenvalue weighted by molar-refractivity contribution is 5.11. The molecule has 21 heavy (non-hydrogen) atoms. The first-order valence-corrected chi connectivity index (χ1v) is 7.74. The van der Waals surface area contributed by atoms with Crippen LogP contribution in [-0.4, -0.2) is 77.1 Å². The minimum atomic E-state index is -0.404. The molecule has 0 aromatic carbocycles. The molecule has 1 aromatic rings. The quantitative estimate of drug-likeness (QED) is 0.663. The van der Waals surface area contributed by atoms with Crippen molar-refractivity contribution in [2.75, 3.05) is 40.3 Å². The van der Waals surface area contributed by atoms with Crippen LogP contribution >= 0.6 is 0 Å². The van der Waals surface area contributed by atoms with Crippen LogP contribution in [0, 0.1) is 0 Å². The summed E-state index contributed by atoms with van der Waals surface area (Å²) in [4.78, 5) is 4.27. The highest BCUT2D eigenvalue weighted by atomic mass is 16.3. The summed E-state index contributed by atoms with van der Waals surface area (Å²) in [5.74, 6) is 0. The van der Waals surface area contributed by atoms with Crippen LogP contribution in [0.2, 0.25) is 0 Å². The molecule has 0 fully saturated rings. The summed E-state index contributed by atoms with van der Waals surface area (Å²) in [6, 6.07) is 2.04. The van der Waals surface area contributed by atoms with Gasteiger partial charge in [0.1, 0.15) is 0 Å². The van der Waals surface area contributed by atoms with Crippen LogP contribution in [-0.2, 0) is 13.5 Å². The third kappa shape index (κ3) is 7.62. The average Bonchev–Trinajstić information content (AvgIpc) is 2.80. The molecule has 0 amide bonds. The summed E-state index contributed by atoms with van der Waals surface area (Å²) in [6.45, 7) is 4.98. The highest BCUT2D eigenvalue weighted by Crippen LogP contribution is 2.06. The lowest BCUT2D eigenvalue weighted by atomic mass is 10.1. The van der Waals surface area contributed by atoms with Gasteiger partial charge in [0.2, 0.25) is 0 Å². The van der Waals surface area contributed by atoms with Crippen LogP contribution in [0.15, 0.2) is 18.5 Å². The molecule has 0 aliphatic heterocycles. The van der Waals surface area contributed by atoms with E-state index in [9.17, 15) is 10.2 Å². The maximum Gasteiger partial charge on any atom is 0.0707 e. The van der Waals surface area contributed by atoms with E-state index >= 15 is 0 Å². The first-order valence-electron chi connectivity index (χ1n) is 7.74. The van der Waals surface area contributed by atoms with Crippen molar-refractivity contribution < 1.29 is 10.2 Å². The predicted molar refractivity (Wildman–Crippen MR) is 86.4 cm³/mol. The van der Waals surface area contributed by atoms with Gasteiger partial charge >= 0.3 is 0 Å². The molecule has 122 valence electrons. The van der Waals surface area contributed by atoms with Gasteiger partial charge in [-0.25, -0.2) is 0 Å². The number of hydrogen-bond acceptors (Lipinski definition) is 4. The second kappa shape index (κ2) is 9.20. The van der Waals surface area contributed by atoms with Crippen molar-refractivity contribution in [3.63, 3.8) is 0 Å². The number of rotatable bonds is 10. The lowest BCUT2D eigenvalue weighted by molar-refractivity contribution is 0.0646. The molecular formula is C16H31N3O2. The van der Waals surface area contributed by atoms with Gasteiger partial charge in [0.15, 0.2) is 0 Å². The second-order valence-corrected chi connectivity index (χ2v) is 6.17. The number of hydrogen-bond donors (Lipinski definition) is 2. The molecule has 1 aromatic heterocycles. The number of nitrogens with zero attached hydrogens (tertiary/aromatic N) is 3. The van der Waals surface area contributed by atoms with E-state index in [-0.39, 0.29) is 6.10 Å². The van der Waals surface area contributed by atoms with E-state index in [4.69, 9.17) is 0 Å². The molecule has 2 atom stereocenters. The standard InChI is InChI=1S/C16H31N3O2/c1-5-15(20)12-19(9-8-17(2)3)13-16(21)10-14-6-7-18(4)11-14/h6-7,11,15-16,20-21H,5,8-10,12-13H2,1-4H3. The van der Waals surface area contributed by atoms with Gasteiger partial charge in [-0.2, -0.15) is 0 Å². The molecule has 0 spiro atoms. The van der Waals surface area contributed by atoms with E-state index in [1.165, 1.54) is 0 Å². The van der Waals surface area contributed by atoms with Crippen LogP contribution < -0.4 is 0 Å². The van der Waals surface area contributed by atoms with Gasteiger partial charge in [-0.1, -0.05) is 6.92 Å². The van der Waals surface area contributed by atoms with Crippen molar-refractivity contribution in [1.82, 2.24) is 14.4 Å². The Morgan fingerprint density at radius 2 is 1.81 bits per heavy atom. The monoisotopic (exact) mass is 297 g/mol. The Kier molecular flexibility index (Phi) is 7.96. The van der Waals surface area contributed by atoms with Crippen molar-refractivity contribution in [2.24, 2.45) is 7.05 Å². The summed E-state index contributed by atoms with van der Waals surface area (Å²) in [6.07, 6.45) is 4.70. The average molecular weight is 297 g/mol. The minimum Gasteiger partial charge on any atom is -0.392 e. The van der Waals surface area contributed by atoms with Crippen LogP contribution in [0.3, 0.4) is 0 Å². The Labute approximate surface area is 128 Å². The third-order valence-electron chi connectivity index (χ3n) is 3.64. The molecule has 0 aliphatic rings. The van der Waals surface area contributed by atoms with E-state index in [1.54, 1.807) is 0 Å². The van der Waals surface area contributed by atoms with Crippen LogP contribution in [0.4, 0.5) is 0 Å². The van der Waals surface area contributed by atoms with Crippen molar-refractivity contribution in [1.29, 1.82) is 0 Å². The number of aliphatic hydroxyl groups is 2. The Bertz CT molecular complexity index is 393. The predicted octanol–water partition coefficient (Wildman–Crippen LogP) is 0.563. The number of aromatic nitrogens is 1. The lowest BCUT2D eigenvalue weighted by Crippen LogP contribution is -2.41. The van der Waals surface area contributed by atoms with Crippen LogP contribution in [0.25, 0.3) is 0 Å². The van der Waals surface area contributed by atoms with Gasteiger partial charge in [-0.3, -0.25) is 4.90 Å². The summed E-state index contributed by atoms with van der Waals surface area (Å²) >= 11 is 0. The fourth-order valence-corrected chi connectivity index (χ4v) is 2.34. The zero-order valence-electron chi connectivity index (χ0n) is 13.9. The van der Waals surface area contributed by atoms with E-state index in [1.807, 2.05) is 51.1 Å².